The van der Waals surface area contributed by atoms with E-state index in [0.717, 1.165) is 15.7 Å². The molecule has 3 heteroatoms. The molecule has 0 bridgehead atoms. The standard InChI is InChI=1S/C12H12O2S/c1-14-8-15-12-7-6-11(13)9-4-2-3-5-10(9)12/h2-7,13H,8H2,1H3. The van der Waals surface area contributed by atoms with Crippen molar-refractivity contribution in [2.75, 3.05) is 13.0 Å². The zero-order valence-electron chi connectivity index (χ0n) is 8.43. The SMILES string of the molecule is COCSc1ccc(O)c2ccccc12. The van der Waals surface area contributed by atoms with Gasteiger partial charge in [-0.05, 0) is 17.5 Å². The van der Waals surface area contributed by atoms with Crippen LogP contribution in [0.5, 0.6) is 5.75 Å². The molecule has 0 aliphatic carbocycles. The highest BCUT2D eigenvalue weighted by atomic mass is 32.2. The molecule has 0 fully saturated rings. The number of hydrogen-bond donors (Lipinski definition) is 1. The lowest BCUT2D eigenvalue weighted by atomic mass is 10.1. The molecule has 0 aliphatic heterocycles. The van der Waals surface area contributed by atoms with Crippen LogP contribution in [0.15, 0.2) is 41.3 Å². The Morgan fingerprint density at radius 3 is 2.60 bits per heavy atom. The van der Waals surface area contributed by atoms with Crippen LogP contribution in [-0.4, -0.2) is 18.2 Å². The fourth-order valence-corrected chi connectivity index (χ4v) is 2.25. The summed E-state index contributed by atoms with van der Waals surface area (Å²) in [5.41, 5.74) is 0. The second kappa shape index (κ2) is 4.55. The van der Waals surface area contributed by atoms with Crippen LogP contribution in [0.25, 0.3) is 10.8 Å². The predicted molar refractivity (Wildman–Crippen MR) is 63.3 cm³/mol. The topological polar surface area (TPSA) is 29.5 Å². The van der Waals surface area contributed by atoms with Gasteiger partial charge < -0.3 is 9.84 Å². The second-order valence-corrected chi connectivity index (χ2v) is 4.14. The molecule has 78 valence electrons. The highest BCUT2D eigenvalue weighted by Crippen LogP contribution is 2.32. The number of phenolic OH excluding ortho intramolecular Hbond substituents is 1. The molecule has 0 atom stereocenters. The first-order valence-corrected chi connectivity index (χ1v) is 5.64. The lowest BCUT2D eigenvalue weighted by Crippen LogP contribution is -1.83. The molecule has 0 saturated heterocycles. The van der Waals surface area contributed by atoms with Gasteiger partial charge in [0.1, 0.15) is 5.75 Å². The average molecular weight is 220 g/mol. The fraction of sp³-hybridized carbons (Fsp3) is 0.167. The molecule has 0 aliphatic rings. The number of methoxy groups -OCH3 is 1. The summed E-state index contributed by atoms with van der Waals surface area (Å²) in [6, 6.07) is 11.5. The Balaban J connectivity index is 2.51. The maximum absolute atomic E-state index is 9.68. The first-order chi connectivity index (χ1) is 7.33. The summed E-state index contributed by atoms with van der Waals surface area (Å²) in [7, 11) is 1.68. The van der Waals surface area contributed by atoms with Gasteiger partial charge >= 0.3 is 0 Å². The van der Waals surface area contributed by atoms with Crippen LogP contribution >= 0.6 is 11.8 Å². The van der Waals surface area contributed by atoms with E-state index in [4.69, 9.17) is 4.74 Å². The molecule has 0 aromatic heterocycles. The maximum Gasteiger partial charge on any atom is 0.123 e. The molecule has 2 nitrogen and oxygen atoms in total. The third kappa shape index (κ3) is 2.08. The van der Waals surface area contributed by atoms with Crippen LogP contribution in [0.2, 0.25) is 0 Å². The summed E-state index contributed by atoms with van der Waals surface area (Å²) in [4.78, 5) is 1.13. The van der Waals surface area contributed by atoms with Crippen LogP contribution in [0, 0.1) is 0 Å². The highest BCUT2D eigenvalue weighted by molar-refractivity contribution is 7.99. The van der Waals surface area contributed by atoms with Crippen LogP contribution in [-0.2, 0) is 4.74 Å². The van der Waals surface area contributed by atoms with Gasteiger partial charge in [0.2, 0.25) is 0 Å². The number of phenols is 1. The molecule has 2 aromatic carbocycles. The van der Waals surface area contributed by atoms with E-state index in [9.17, 15) is 5.11 Å². The number of aromatic hydroxyl groups is 1. The second-order valence-electron chi connectivity index (χ2n) is 3.18. The van der Waals surface area contributed by atoms with Gasteiger partial charge in [-0.25, -0.2) is 0 Å². The summed E-state index contributed by atoms with van der Waals surface area (Å²) >= 11 is 1.63. The van der Waals surface area contributed by atoms with Gasteiger partial charge in [-0.3, -0.25) is 0 Å². The van der Waals surface area contributed by atoms with Gasteiger partial charge in [-0.2, -0.15) is 0 Å². The first kappa shape index (κ1) is 10.3. The molecule has 2 rings (SSSR count). The molecule has 0 radical (unpaired) electrons. The van der Waals surface area contributed by atoms with E-state index < -0.39 is 0 Å². The van der Waals surface area contributed by atoms with Crippen molar-refractivity contribution in [1.82, 2.24) is 0 Å². The lowest BCUT2D eigenvalue weighted by molar-refractivity contribution is 0.259. The zero-order chi connectivity index (χ0) is 10.7. The van der Waals surface area contributed by atoms with Gasteiger partial charge in [0.15, 0.2) is 0 Å². The summed E-state index contributed by atoms with van der Waals surface area (Å²) in [6.07, 6.45) is 0. The van der Waals surface area contributed by atoms with Crippen LogP contribution in [0.1, 0.15) is 0 Å². The van der Waals surface area contributed by atoms with Crippen molar-refractivity contribution in [3.05, 3.63) is 36.4 Å². The summed E-state index contributed by atoms with van der Waals surface area (Å²) < 4.78 is 5.03. The smallest absolute Gasteiger partial charge is 0.123 e. The number of hydrogen-bond acceptors (Lipinski definition) is 3. The Morgan fingerprint density at radius 1 is 1.13 bits per heavy atom. The quantitative estimate of drug-likeness (QED) is 0.636. The van der Waals surface area contributed by atoms with Crippen molar-refractivity contribution in [3.8, 4) is 5.75 Å². The lowest BCUT2D eigenvalue weighted by Gasteiger charge is -2.06. The summed E-state index contributed by atoms with van der Waals surface area (Å²) in [6.45, 7) is 0. The van der Waals surface area contributed by atoms with E-state index in [1.54, 1.807) is 24.9 Å². The Hall–Kier alpha value is -1.19. The van der Waals surface area contributed by atoms with Gasteiger partial charge in [0.05, 0.1) is 5.94 Å². The van der Waals surface area contributed by atoms with E-state index >= 15 is 0 Å². The molecular weight excluding hydrogens is 208 g/mol. The highest BCUT2D eigenvalue weighted by Gasteiger charge is 2.04. The first-order valence-electron chi connectivity index (χ1n) is 4.65. The minimum Gasteiger partial charge on any atom is -0.507 e. The van der Waals surface area contributed by atoms with Crippen molar-refractivity contribution < 1.29 is 9.84 Å². The van der Waals surface area contributed by atoms with E-state index in [1.807, 2.05) is 30.3 Å². The number of fused-ring (bicyclic) bond motifs is 1. The Morgan fingerprint density at radius 2 is 1.87 bits per heavy atom. The summed E-state index contributed by atoms with van der Waals surface area (Å²) in [5, 5.41) is 11.6. The van der Waals surface area contributed by atoms with Gasteiger partial charge in [0.25, 0.3) is 0 Å². The largest absolute Gasteiger partial charge is 0.507 e. The van der Waals surface area contributed by atoms with Gasteiger partial charge in [-0.1, -0.05) is 36.0 Å². The third-order valence-electron chi connectivity index (χ3n) is 2.19. The predicted octanol–water partition coefficient (Wildman–Crippen LogP) is 3.24. The van der Waals surface area contributed by atoms with Crippen molar-refractivity contribution in [2.45, 2.75) is 4.90 Å². The van der Waals surface area contributed by atoms with E-state index in [0.29, 0.717) is 11.7 Å². The molecule has 1 N–H and O–H groups in total. The number of rotatable bonds is 3. The van der Waals surface area contributed by atoms with E-state index in [2.05, 4.69) is 0 Å². The zero-order valence-corrected chi connectivity index (χ0v) is 9.25. The van der Waals surface area contributed by atoms with Crippen LogP contribution in [0.4, 0.5) is 0 Å². The number of thioether (sulfide) groups is 1. The van der Waals surface area contributed by atoms with Gasteiger partial charge in [-0.15, -0.1) is 0 Å². The maximum atomic E-state index is 9.68. The van der Waals surface area contributed by atoms with Crippen LogP contribution in [0.3, 0.4) is 0 Å². The molecule has 0 amide bonds. The van der Waals surface area contributed by atoms with Crippen molar-refractivity contribution in [2.24, 2.45) is 0 Å². The van der Waals surface area contributed by atoms with Gasteiger partial charge in [0, 0.05) is 17.4 Å². The number of benzene rings is 2. The Labute approximate surface area is 92.9 Å². The molecule has 15 heavy (non-hydrogen) atoms. The third-order valence-corrected chi connectivity index (χ3v) is 3.21. The van der Waals surface area contributed by atoms with E-state index in [1.165, 1.54) is 0 Å². The minimum absolute atomic E-state index is 0.326. The Bertz CT molecular complexity index is 468. The fourth-order valence-electron chi connectivity index (χ4n) is 1.50. The van der Waals surface area contributed by atoms with Crippen molar-refractivity contribution >= 4 is 22.5 Å². The van der Waals surface area contributed by atoms with Crippen molar-refractivity contribution in [3.63, 3.8) is 0 Å². The molecule has 0 heterocycles. The Kier molecular flexibility index (Phi) is 3.14. The molecule has 2 aromatic rings. The summed E-state index contributed by atoms with van der Waals surface area (Å²) in [5.74, 6) is 0.946. The number of ether oxygens (including phenoxy) is 1. The normalized spacial score (nSPS) is 10.7. The average Bonchev–Trinajstić information content (AvgIpc) is 2.29. The van der Waals surface area contributed by atoms with Crippen molar-refractivity contribution in [1.29, 1.82) is 0 Å². The molecule has 0 spiro atoms. The molecule has 0 unspecified atom stereocenters. The molecule has 0 saturated carbocycles. The molecular formula is C12H12O2S. The monoisotopic (exact) mass is 220 g/mol. The van der Waals surface area contributed by atoms with E-state index in [-0.39, 0.29) is 0 Å². The minimum atomic E-state index is 0.326. The van der Waals surface area contributed by atoms with Crippen LogP contribution < -0.4 is 0 Å².